The van der Waals surface area contributed by atoms with Crippen LogP contribution in [-0.4, -0.2) is 71.1 Å². The maximum Gasteiger partial charge on any atom is 0.328 e. The van der Waals surface area contributed by atoms with Crippen LogP contribution in [0, 0.1) is 28.6 Å². The van der Waals surface area contributed by atoms with Crippen LogP contribution in [0.5, 0.6) is 0 Å². The molecule has 8 atom stereocenters. The number of methoxy groups -OCH3 is 1. The van der Waals surface area contributed by atoms with Crippen molar-refractivity contribution in [2.75, 3.05) is 13.7 Å². The van der Waals surface area contributed by atoms with Gasteiger partial charge in [0.25, 0.3) is 0 Å². The van der Waals surface area contributed by atoms with Gasteiger partial charge in [-0.05, 0) is 73.3 Å². The van der Waals surface area contributed by atoms with Crippen LogP contribution < -0.4 is 5.32 Å². The number of Topliss-reactive ketones (excluding diaryl/α,β-unsaturated/α-hetero) is 1. The monoisotopic (exact) mass is 623 g/mol. The number of hydrogen-bond donors (Lipinski definition) is 3. The molecule has 1 aromatic carbocycles. The minimum Gasteiger partial charge on any atom is -0.467 e. The van der Waals surface area contributed by atoms with Crippen molar-refractivity contribution in [2.45, 2.75) is 95.8 Å². The van der Waals surface area contributed by atoms with Gasteiger partial charge in [-0.2, -0.15) is 0 Å². The van der Waals surface area contributed by atoms with Crippen molar-refractivity contribution < 1.29 is 43.7 Å². The summed E-state index contributed by atoms with van der Waals surface area (Å²) in [7, 11) is 1.23. The number of ether oxygens (including phenoxy) is 2. The Morgan fingerprint density at radius 3 is 2.49 bits per heavy atom. The second kappa shape index (κ2) is 12.8. The van der Waals surface area contributed by atoms with E-state index in [0.717, 1.165) is 24.0 Å². The minimum absolute atomic E-state index is 0.00823. The van der Waals surface area contributed by atoms with E-state index in [0.29, 0.717) is 19.3 Å². The van der Waals surface area contributed by atoms with E-state index in [-0.39, 0.29) is 61.1 Å². The molecule has 0 heterocycles. The molecule has 244 valence electrons. The van der Waals surface area contributed by atoms with Crippen molar-refractivity contribution >= 4 is 29.4 Å². The number of benzene rings is 1. The molecule has 0 unspecified atom stereocenters. The van der Waals surface area contributed by atoms with Crippen molar-refractivity contribution in [3.05, 3.63) is 47.5 Å². The van der Waals surface area contributed by atoms with Gasteiger partial charge in [-0.1, -0.05) is 49.8 Å². The number of carbonyl (C=O) groups excluding carboxylic acids is 5. The molecule has 3 saturated carbocycles. The van der Waals surface area contributed by atoms with Crippen LogP contribution in [0.1, 0.15) is 77.2 Å². The second-order valence-electron chi connectivity index (χ2n) is 13.9. The van der Waals surface area contributed by atoms with E-state index < -0.39 is 53.4 Å². The first-order chi connectivity index (χ1) is 21.3. The predicted octanol–water partition coefficient (Wildman–Crippen LogP) is 3.01. The molecule has 1 amide bonds. The van der Waals surface area contributed by atoms with E-state index in [1.807, 2.05) is 37.3 Å². The Hall–Kier alpha value is -3.37. The van der Waals surface area contributed by atoms with E-state index in [9.17, 15) is 34.2 Å². The number of aliphatic hydroxyl groups is 2. The highest BCUT2D eigenvalue weighted by atomic mass is 16.5. The van der Waals surface area contributed by atoms with Gasteiger partial charge in [-0.25, -0.2) is 4.79 Å². The molecule has 0 aromatic heterocycles. The predicted molar refractivity (Wildman–Crippen MR) is 162 cm³/mol. The quantitative estimate of drug-likeness (QED) is 0.334. The molecule has 0 radical (unpaired) electrons. The van der Waals surface area contributed by atoms with Crippen LogP contribution in [0.25, 0.3) is 0 Å². The summed E-state index contributed by atoms with van der Waals surface area (Å²) in [6.07, 6.45) is 4.51. The molecule has 4 aliphatic rings. The summed E-state index contributed by atoms with van der Waals surface area (Å²) in [5.74, 6) is -2.31. The number of esters is 2. The Morgan fingerprint density at radius 1 is 1.04 bits per heavy atom. The number of allylic oxidation sites excluding steroid dienone is 1. The van der Waals surface area contributed by atoms with Crippen LogP contribution in [0.3, 0.4) is 0 Å². The fourth-order valence-electron chi connectivity index (χ4n) is 9.16. The number of ketones is 2. The molecule has 0 saturated heterocycles. The van der Waals surface area contributed by atoms with Gasteiger partial charge >= 0.3 is 11.9 Å². The molecular weight excluding hydrogens is 578 g/mol. The molecule has 10 nitrogen and oxygen atoms in total. The third kappa shape index (κ3) is 6.11. The first kappa shape index (κ1) is 33.0. The molecule has 3 N–H and O–H groups in total. The number of fused-ring (bicyclic) bond motifs is 5. The maximum absolute atomic E-state index is 13.5. The lowest BCUT2D eigenvalue weighted by Crippen LogP contribution is -2.62. The topological polar surface area (TPSA) is 156 Å². The molecule has 5 rings (SSSR count). The number of amides is 1. The van der Waals surface area contributed by atoms with Crippen molar-refractivity contribution in [1.82, 2.24) is 5.32 Å². The largest absolute Gasteiger partial charge is 0.467 e. The normalized spacial score (nSPS) is 34.3. The van der Waals surface area contributed by atoms with Crippen molar-refractivity contribution in [1.29, 1.82) is 0 Å². The first-order valence-electron chi connectivity index (χ1n) is 16.1. The highest BCUT2D eigenvalue weighted by molar-refractivity contribution is 5.92. The first-order valence-corrected chi connectivity index (χ1v) is 16.1. The van der Waals surface area contributed by atoms with Gasteiger partial charge in [0.05, 0.1) is 19.6 Å². The zero-order chi connectivity index (χ0) is 32.6. The van der Waals surface area contributed by atoms with Crippen molar-refractivity contribution in [2.24, 2.45) is 28.6 Å². The van der Waals surface area contributed by atoms with Gasteiger partial charge in [-0.3, -0.25) is 19.2 Å². The summed E-state index contributed by atoms with van der Waals surface area (Å²) in [6.45, 7) is 3.40. The summed E-state index contributed by atoms with van der Waals surface area (Å²) < 4.78 is 10.0. The third-order valence-corrected chi connectivity index (χ3v) is 11.5. The summed E-state index contributed by atoms with van der Waals surface area (Å²) in [5.41, 5.74) is -0.975. The van der Waals surface area contributed by atoms with Crippen LogP contribution in [-0.2, 0) is 39.9 Å². The van der Waals surface area contributed by atoms with Gasteiger partial charge in [0.2, 0.25) is 11.7 Å². The van der Waals surface area contributed by atoms with E-state index in [1.165, 1.54) is 7.11 Å². The number of carbonyl (C=O) groups is 5. The van der Waals surface area contributed by atoms with E-state index in [4.69, 9.17) is 9.47 Å². The highest BCUT2D eigenvalue weighted by Gasteiger charge is 2.68. The van der Waals surface area contributed by atoms with Crippen LogP contribution >= 0.6 is 0 Å². The standard InChI is InChI=1S/C35H45NO9/c1-33-15-13-23(37)18-22(33)9-10-24-25-14-16-35(43,34(25,2)19-27(38)31(24)33)28(39)20-45-30(41)12-11-29(40)36-26(32(42)44-3)17-21-7-5-4-6-8-21/h4-8,18,24-27,31,38,43H,9-17,19-20H2,1-3H3,(H,36,40)/t24-,25+,26-,27-,31+,33-,34-,35-/m0/s1. The smallest absolute Gasteiger partial charge is 0.328 e. The van der Waals surface area contributed by atoms with Gasteiger partial charge < -0.3 is 25.0 Å². The SMILES string of the molecule is COC(=O)[C@H](Cc1ccccc1)NC(=O)CCC(=O)OCC(=O)[C@@]1(O)CC[C@@H]2[C@@H]3CCC4=CC(=O)CC[C@]4(C)[C@H]3[C@@H](O)C[C@@]21C. The summed E-state index contributed by atoms with van der Waals surface area (Å²) in [6, 6.07) is 8.21. The summed E-state index contributed by atoms with van der Waals surface area (Å²) in [4.78, 5) is 63.0. The average Bonchev–Trinajstić information content (AvgIpc) is 3.29. The third-order valence-electron chi connectivity index (χ3n) is 11.5. The Bertz CT molecular complexity index is 1370. The van der Waals surface area contributed by atoms with E-state index >= 15 is 0 Å². The van der Waals surface area contributed by atoms with E-state index in [1.54, 1.807) is 6.08 Å². The number of nitrogens with one attached hydrogen (secondary N) is 1. The maximum atomic E-state index is 13.5. The highest BCUT2D eigenvalue weighted by Crippen LogP contribution is 2.67. The molecular formula is C35H45NO9. The van der Waals surface area contributed by atoms with Crippen LogP contribution in [0.15, 0.2) is 42.0 Å². The molecule has 3 fully saturated rings. The number of rotatable bonds is 10. The van der Waals surface area contributed by atoms with Gasteiger partial charge in [-0.15, -0.1) is 0 Å². The molecule has 4 aliphatic carbocycles. The van der Waals surface area contributed by atoms with Gasteiger partial charge in [0.1, 0.15) is 11.6 Å². The Balaban J connectivity index is 1.16. The molecule has 0 aliphatic heterocycles. The summed E-state index contributed by atoms with van der Waals surface area (Å²) in [5, 5.41) is 26.0. The van der Waals surface area contributed by atoms with Crippen molar-refractivity contribution in [3.63, 3.8) is 0 Å². The summed E-state index contributed by atoms with van der Waals surface area (Å²) >= 11 is 0. The zero-order valence-corrected chi connectivity index (χ0v) is 26.4. The molecule has 0 spiro atoms. The second-order valence-corrected chi connectivity index (χ2v) is 13.9. The number of aliphatic hydroxyl groups excluding tert-OH is 1. The molecule has 1 aromatic rings. The molecule has 10 heteroatoms. The Morgan fingerprint density at radius 2 is 1.78 bits per heavy atom. The van der Waals surface area contributed by atoms with Crippen molar-refractivity contribution in [3.8, 4) is 0 Å². The van der Waals surface area contributed by atoms with Crippen LogP contribution in [0.4, 0.5) is 0 Å². The lowest BCUT2D eigenvalue weighted by atomic mass is 9.45. The average molecular weight is 624 g/mol. The van der Waals surface area contributed by atoms with Crippen LogP contribution in [0.2, 0.25) is 0 Å². The zero-order valence-electron chi connectivity index (χ0n) is 26.4. The van der Waals surface area contributed by atoms with Gasteiger partial charge in [0, 0.05) is 24.7 Å². The minimum atomic E-state index is -1.76. The fourth-order valence-corrected chi connectivity index (χ4v) is 9.16. The van der Waals surface area contributed by atoms with E-state index in [2.05, 4.69) is 12.2 Å². The lowest BCUT2D eigenvalue weighted by molar-refractivity contribution is -0.184. The molecule has 45 heavy (non-hydrogen) atoms. The number of hydrogen-bond acceptors (Lipinski definition) is 9. The Kier molecular flexibility index (Phi) is 9.38. The fraction of sp³-hybridized carbons (Fsp3) is 0.629. The van der Waals surface area contributed by atoms with Gasteiger partial charge in [0.15, 0.2) is 12.4 Å². The Labute approximate surface area is 263 Å². The lowest BCUT2D eigenvalue weighted by Gasteiger charge is -2.60. The molecule has 0 bridgehead atoms.